The second kappa shape index (κ2) is 4.87. The number of nitrogens with zero attached hydrogens (tertiary/aromatic N) is 1. The second-order valence-corrected chi connectivity index (χ2v) is 5.76. The van der Waals surface area contributed by atoms with E-state index < -0.39 is 0 Å². The summed E-state index contributed by atoms with van der Waals surface area (Å²) in [5.74, 6) is 0. The molecule has 0 amide bonds. The molecule has 2 heterocycles. The summed E-state index contributed by atoms with van der Waals surface area (Å²) in [5, 5.41) is 3.57. The summed E-state index contributed by atoms with van der Waals surface area (Å²) < 4.78 is 1.73. The van der Waals surface area contributed by atoms with E-state index in [0.717, 1.165) is 27.2 Å². The van der Waals surface area contributed by atoms with E-state index in [1.54, 1.807) is 4.57 Å². The van der Waals surface area contributed by atoms with Crippen LogP contribution in [-0.4, -0.2) is 16.1 Å². The Bertz CT molecular complexity index is 1080. The van der Waals surface area contributed by atoms with Gasteiger partial charge in [-0.1, -0.05) is 29.8 Å². The molecule has 0 bridgehead atoms. The van der Waals surface area contributed by atoms with Gasteiger partial charge < -0.3 is 15.3 Å². The molecule has 0 aliphatic carbocycles. The molecular formula is C17H14ClN3O. The lowest BCUT2D eigenvalue weighted by Gasteiger charge is -2.10. The normalized spacial score (nSPS) is 11.7. The molecule has 4 rings (SSSR count). The number of nitrogens with two attached hydrogens (primary N) is 1. The van der Waals surface area contributed by atoms with Crippen molar-refractivity contribution < 1.29 is 0 Å². The van der Waals surface area contributed by atoms with E-state index in [2.05, 4.69) is 4.98 Å². The van der Waals surface area contributed by atoms with Crippen LogP contribution in [0.2, 0.25) is 5.02 Å². The number of pyridine rings is 1. The zero-order valence-electron chi connectivity index (χ0n) is 11.8. The molecule has 4 nitrogen and oxygen atoms in total. The molecule has 0 spiro atoms. The van der Waals surface area contributed by atoms with Crippen molar-refractivity contribution >= 4 is 44.3 Å². The molecule has 2 aromatic carbocycles. The standard InChI is InChI=1S/C17H14ClN3O/c18-10-5-6-13-12(9-10)15-11-3-1-2-4-14(11)21(8-7-19)17(22)16(15)20-13/h1-6,9,20H,7-8,19H2. The van der Waals surface area contributed by atoms with E-state index in [1.165, 1.54) is 0 Å². The van der Waals surface area contributed by atoms with E-state index >= 15 is 0 Å². The monoisotopic (exact) mass is 311 g/mol. The maximum atomic E-state index is 12.8. The van der Waals surface area contributed by atoms with Gasteiger partial charge in [0, 0.05) is 39.8 Å². The molecule has 4 aromatic rings. The number of para-hydroxylation sites is 1. The Morgan fingerprint density at radius 1 is 1.14 bits per heavy atom. The molecule has 0 aliphatic rings. The Labute approximate surface area is 131 Å². The van der Waals surface area contributed by atoms with Crippen molar-refractivity contribution in [3.63, 3.8) is 0 Å². The van der Waals surface area contributed by atoms with Crippen LogP contribution < -0.4 is 11.3 Å². The van der Waals surface area contributed by atoms with Crippen molar-refractivity contribution in [3.8, 4) is 0 Å². The van der Waals surface area contributed by atoms with Crippen LogP contribution in [-0.2, 0) is 6.54 Å². The van der Waals surface area contributed by atoms with Gasteiger partial charge in [-0.05, 0) is 24.3 Å². The minimum absolute atomic E-state index is 0.0496. The van der Waals surface area contributed by atoms with E-state index in [1.807, 2.05) is 42.5 Å². The molecule has 110 valence electrons. The van der Waals surface area contributed by atoms with Gasteiger partial charge in [0.25, 0.3) is 5.56 Å². The van der Waals surface area contributed by atoms with Crippen LogP contribution in [0, 0.1) is 0 Å². The first kappa shape index (κ1) is 13.4. The highest BCUT2D eigenvalue weighted by Gasteiger charge is 2.15. The lowest BCUT2D eigenvalue weighted by Crippen LogP contribution is -2.24. The minimum Gasteiger partial charge on any atom is -0.350 e. The van der Waals surface area contributed by atoms with Crippen LogP contribution in [0.4, 0.5) is 0 Å². The molecule has 5 heteroatoms. The molecule has 0 atom stereocenters. The Morgan fingerprint density at radius 3 is 2.77 bits per heavy atom. The third-order valence-corrected chi connectivity index (χ3v) is 4.27. The average Bonchev–Trinajstić information content (AvgIpc) is 2.90. The summed E-state index contributed by atoms with van der Waals surface area (Å²) in [5.41, 5.74) is 8.03. The Balaban J connectivity index is 2.32. The number of aromatic amines is 1. The third-order valence-electron chi connectivity index (χ3n) is 4.04. The molecule has 0 saturated heterocycles. The highest BCUT2D eigenvalue weighted by atomic mass is 35.5. The number of aromatic nitrogens is 2. The van der Waals surface area contributed by atoms with Gasteiger partial charge in [-0.3, -0.25) is 4.79 Å². The van der Waals surface area contributed by atoms with E-state index in [0.29, 0.717) is 23.6 Å². The molecule has 3 N–H and O–H groups in total. The zero-order valence-corrected chi connectivity index (χ0v) is 12.5. The van der Waals surface area contributed by atoms with Crippen molar-refractivity contribution in [1.29, 1.82) is 0 Å². The summed E-state index contributed by atoms with van der Waals surface area (Å²) in [6.45, 7) is 0.910. The maximum absolute atomic E-state index is 12.8. The maximum Gasteiger partial charge on any atom is 0.275 e. The van der Waals surface area contributed by atoms with Gasteiger partial charge in [0.2, 0.25) is 0 Å². The topological polar surface area (TPSA) is 63.8 Å². The Hall–Kier alpha value is -2.30. The Morgan fingerprint density at radius 2 is 1.95 bits per heavy atom. The predicted octanol–water partition coefficient (Wildman–Crippen LogP) is 3.25. The van der Waals surface area contributed by atoms with Gasteiger partial charge in [0.05, 0.1) is 5.52 Å². The van der Waals surface area contributed by atoms with Crippen molar-refractivity contribution in [2.45, 2.75) is 6.54 Å². The fraction of sp³-hybridized carbons (Fsp3) is 0.118. The smallest absolute Gasteiger partial charge is 0.275 e. The van der Waals surface area contributed by atoms with Gasteiger partial charge in [-0.2, -0.15) is 0 Å². The first-order valence-electron chi connectivity index (χ1n) is 7.13. The number of fused-ring (bicyclic) bond motifs is 5. The molecule has 22 heavy (non-hydrogen) atoms. The summed E-state index contributed by atoms with van der Waals surface area (Å²) in [7, 11) is 0. The van der Waals surface area contributed by atoms with Crippen molar-refractivity contribution in [2.24, 2.45) is 5.73 Å². The summed E-state index contributed by atoms with van der Waals surface area (Å²) >= 11 is 6.13. The second-order valence-electron chi connectivity index (χ2n) is 5.33. The summed E-state index contributed by atoms with van der Waals surface area (Å²) in [6, 6.07) is 13.5. The lowest BCUT2D eigenvalue weighted by molar-refractivity contribution is 0.711. The van der Waals surface area contributed by atoms with Crippen molar-refractivity contribution in [1.82, 2.24) is 9.55 Å². The molecule has 2 aromatic heterocycles. The average molecular weight is 312 g/mol. The number of hydrogen-bond acceptors (Lipinski definition) is 2. The molecule has 0 aliphatic heterocycles. The van der Waals surface area contributed by atoms with Crippen LogP contribution in [0.5, 0.6) is 0 Å². The summed E-state index contributed by atoms with van der Waals surface area (Å²) in [6.07, 6.45) is 0. The van der Waals surface area contributed by atoms with Crippen molar-refractivity contribution in [3.05, 3.63) is 57.8 Å². The van der Waals surface area contributed by atoms with E-state index in [9.17, 15) is 4.79 Å². The van der Waals surface area contributed by atoms with Crippen LogP contribution in [0.3, 0.4) is 0 Å². The number of H-pyrrole nitrogens is 1. The van der Waals surface area contributed by atoms with Crippen LogP contribution in [0.1, 0.15) is 0 Å². The lowest BCUT2D eigenvalue weighted by atomic mass is 10.1. The van der Waals surface area contributed by atoms with Crippen LogP contribution in [0.25, 0.3) is 32.7 Å². The largest absolute Gasteiger partial charge is 0.350 e. The van der Waals surface area contributed by atoms with Gasteiger partial charge in [-0.15, -0.1) is 0 Å². The fourth-order valence-corrected chi connectivity index (χ4v) is 3.29. The van der Waals surface area contributed by atoms with Crippen LogP contribution in [0.15, 0.2) is 47.3 Å². The van der Waals surface area contributed by atoms with Crippen molar-refractivity contribution in [2.75, 3.05) is 6.54 Å². The third kappa shape index (κ3) is 1.78. The molecule has 0 radical (unpaired) electrons. The van der Waals surface area contributed by atoms with E-state index in [4.69, 9.17) is 17.3 Å². The van der Waals surface area contributed by atoms with Gasteiger partial charge >= 0.3 is 0 Å². The SMILES string of the molecule is NCCn1c(=O)c2[nH]c3ccc(Cl)cc3c2c2ccccc21. The highest BCUT2D eigenvalue weighted by Crippen LogP contribution is 2.31. The molecular weight excluding hydrogens is 298 g/mol. The number of benzene rings is 2. The quantitative estimate of drug-likeness (QED) is 0.597. The van der Waals surface area contributed by atoms with Gasteiger partial charge in [-0.25, -0.2) is 0 Å². The molecule has 0 fully saturated rings. The van der Waals surface area contributed by atoms with Gasteiger partial charge in [0.15, 0.2) is 0 Å². The van der Waals surface area contributed by atoms with Gasteiger partial charge in [0.1, 0.15) is 5.52 Å². The zero-order chi connectivity index (χ0) is 15.3. The number of halogens is 1. The first-order chi connectivity index (χ1) is 10.7. The minimum atomic E-state index is -0.0496. The predicted molar refractivity (Wildman–Crippen MR) is 91.6 cm³/mol. The van der Waals surface area contributed by atoms with E-state index in [-0.39, 0.29) is 5.56 Å². The summed E-state index contributed by atoms with van der Waals surface area (Å²) in [4.78, 5) is 16.1. The molecule has 0 saturated carbocycles. The highest BCUT2D eigenvalue weighted by molar-refractivity contribution is 6.32. The number of rotatable bonds is 2. The van der Waals surface area contributed by atoms with Crippen LogP contribution >= 0.6 is 11.6 Å². The number of nitrogens with one attached hydrogen (secondary N) is 1. The Kier molecular flexibility index (Phi) is 2.96. The first-order valence-corrected chi connectivity index (χ1v) is 7.51. The fourth-order valence-electron chi connectivity index (χ4n) is 3.12. The number of hydrogen-bond donors (Lipinski definition) is 2. The molecule has 0 unspecified atom stereocenters.